The second-order valence-corrected chi connectivity index (χ2v) is 10.1. The van der Waals surface area contributed by atoms with Crippen LogP contribution in [-0.2, 0) is 26.2 Å². The number of aryl methyl sites for hydroxylation is 1. The number of sulfonamides is 1. The van der Waals surface area contributed by atoms with Crippen LogP contribution in [0, 0.1) is 6.92 Å². The Bertz CT molecular complexity index is 1020. The van der Waals surface area contributed by atoms with Crippen LogP contribution in [0.3, 0.4) is 0 Å². The van der Waals surface area contributed by atoms with Gasteiger partial charge in [0.05, 0.1) is 11.9 Å². The van der Waals surface area contributed by atoms with Crippen molar-refractivity contribution in [2.24, 2.45) is 0 Å². The second-order valence-electron chi connectivity index (χ2n) is 8.19. The van der Waals surface area contributed by atoms with Crippen LogP contribution in [0.5, 0.6) is 0 Å². The highest BCUT2D eigenvalue weighted by atomic mass is 32.2. The third kappa shape index (κ3) is 7.89. The highest BCUT2D eigenvalue weighted by molar-refractivity contribution is 7.92. The van der Waals surface area contributed by atoms with Gasteiger partial charge in [-0.3, -0.25) is 13.9 Å². The Morgan fingerprint density at radius 1 is 1.03 bits per heavy atom. The lowest BCUT2D eigenvalue weighted by atomic mass is 10.1. The second kappa shape index (κ2) is 12.4. The maximum absolute atomic E-state index is 13.2. The summed E-state index contributed by atoms with van der Waals surface area (Å²) in [6.45, 7) is 6.74. The molecule has 0 aliphatic rings. The van der Waals surface area contributed by atoms with E-state index in [0.29, 0.717) is 25.2 Å². The van der Waals surface area contributed by atoms with Gasteiger partial charge in [-0.15, -0.1) is 0 Å². The Labute approximate surface area is 197 Å². The summed E-state index contributed by atoms with van der Waals surface area (Å²) in [5.74, 6) is -0.375. The van der Waals surface area contributed by atoms with Gasteiger partial charge < -0.3 is 10.2 Å². The molecular formula is C25H35N3O4S. The van der Waals surface area contributed by atoms with Crippen molar-refractivity contribution < 1.29 is 18.0 Å². The summed E-state index contributed by atoms with van der Waals surface area (Å²) in [4.78, 5) is 27.4. The van der Waals surface area contributed by atoms with Gasteiger partial charge in [0.1, 0.15) is 6.04 Å². The van der Waals surface area contributed by atoms with Crippen molar-refractivity contribution in [2.45, 2.75) is 52.6 Å². The van der Waals surface area contributed by atoms with Crippen molar-refractivity contribution in [3.63, 3.8) is 0 Å². The van der Waals surface area contributed by atoms with Crippen LogP contribution in [0.4, 0.5) is 5.69 Å². The Morgan fingerprint density at radius 2 is 1.67 bits per heavy atom. The van der Waals surface area contributed by atoms with Gasteiger partial charge in [0.25, 0.3) is 0 Å². The lowest BCUT2D eigenvalue weighted by Gasteiger charge is -2.30. The Hall–Kier alpha value is -2.87. The van der Waals surface area contributed by atoms with E-state index in [1.807, 2.05) is 44.2 Å². The van der Waals surface area contributed by atoms with Crippen molar-refractivity contribution >= 4 is 27.5 Å². The largest absolute Gasteiger partial charge is 0.354 e. The number of nitrogens with zero attached hydrogens (tertiary/aromatic N) is 2. The highest BCUT2D eigenvalue weighted by Crippen LogP contribution is 2.19. The molecule has 0 saturated heterocycles. The fourth-order valence-corrected chi connectivity index (χ4v) is 4.51. The van der Waals surface area contributed by atoms with Gasteiger partial charge in [0.2, 0.25) is 21.8 Å². The number of rotatable bonds is 12. The molecule has 2 aromatic carbocycles. The highest BCUT2D eigenvalue weighted by Gasteiger charge is 2.26. The number of hydrogen-bond donors (Lipinski definition) is 1. The molecule has 0 aliphatic carbocycles. The fraction of sp³-hybridized carbons (Fsp3) is 0.440. The van der Waals surface area contributed by atoms with E-state index in [9.17, 15) is 18.0 Å². The molecule has 2 aromatic rings. The van der Waals surface area contributed by atoms with Crippen molar-refractivity contribution in [2.75, 3.05) is 23.7 Å². The first-order valence-corrected chi connectivity index (χ1v) is 13.1. The zero-order valence-corrected chi connectivity index (χ0v) is 20.8. The molecule has 2 amide bonds. The van der Waals surface area contributed by atoms with E-state index in [-0.39, 0.29) is 24.8 Å². The summed E-state index contributed by atoms with van der Waals surface area (Å²) >= 11 is 0. The van der Waals surface area contributed by atoms with Crippen molar-refractivity contribution in [1.29, 1.82) is 0 Å². The quantitative estimate of drug-likeness (QED) is 0.511. The summed E-state index contributed by atoms with van der Waals surface area (Å²) < 4.78 is 25.9. The number of amides is 2. The van der Waals surface area contributed by atoms with E-state index in [1.54, 1.807) is 36.1 Å². The number of para-hydroxylation sites is 1. The molecule has 0 aliphatic heterocycles. The first-order chi connectivity index (χ1) is 15.6. The molecule has 8 heteroatoms. The average molecular weight is 474 g/mol. The minimum atomic E-state index is -3.49. The lowest BCUT2D eigenvalue weighted by Crippen LogP contribution is -2.48. The molecule has 0 saturated carbocycles. The van der Waals surface area contributed by atoms with E-state index in [1.165, 1.54) is 4.31 Å². The SMILES string of the molecule is CCCNC(=O)C(C)N(Cc1ccccc1C)C(=O)CCCN(c1ccccc1)S(C)(=O)=O. The monoisotopic (exact) mass is 473 g/mol. The molecule has 1 N–H and O–H groups in total. The number of anilines is 1. The van der Waals surface area contributed by atoms with E-state index in [0.717, 1.165) is 23.8 Å². The third-order valence-corrected chi connectivity index (χ3v) is 6.71. The van der Waals surface area contributed by atoms with E-state index < -0.39 is 16.1 Å². The smallest absolute Gasteiger partial charge is 0.242 e. The zero-order chi connectivity index (χ0) is 24.4. The van der Waals surface area contributed by atoms with Gasteiger partial charge >= 0.3 is 0 Å². The summed E-state index contributed by atoms with van der Waals surface area (Å²) in [5.41, 5.74) is 2.59. The van der Waals surface area contributed by atoms with Crippen LogP contribution in [0.25, 0.3) is 0 Å². The summed E-state index contributed by atoms with van der Waals surface area (Å²) in [6, 6.07) is 16.0. The minimum Gasteiger partial charge on any atom is -0.354 e. The molecule has 33 heavy (non-hydrogen) atoms. The van der Waals surface area contributed by atoms with Crippen molar-refractivity contribution in [3.05, 3.63) is 65.7 Å². The maximum atomic E-state index is 13.2. The average Bonchev–Trinajstić information content (AvgIpc) is 2.78. The van der Waals surface area contributed by atoms with Crippen LogP contribution in [0.1, 0.15) is 44.2 Å². The first kappa shape index (κ1) is 26.4. The summed E-state index contributed by atoms with van der Waals surface area (Å²) in [7, 11) is -3.49. The van der Waals surface area contributed by atoms with Gasteiger partial charge in [-0.1, -0.05) is 49.4 Å². The van der Waals surface area contributed by atoms with Crippen LogP contribution in [0.2, 0.25) is 0 Å². The Morgan fingerprint density at radius 3 is 2.27 bits per heavy atom. The fourth-order valence-electron chi connectivity index (χ4n) is 3.55. The Balaban J connectivity index is 2.14. The molecule has 7 nitrogen and oxygen atoms in total. The molecule has 0 aromatic heterocycles. The normalized spacial score (nSPS) is 12.1. The zero-order valence-electron chi connectivity index (χ0n) is 20.0. The molecular weight excluding hydrogens is 438 g/mol. The minimum absolute atomic E-state index is 0.135. The van der Waals surface area contributed by atoms with E-state index in [2.05, 4.69) is 5.32 Å². The van der Waals surface area contributed by atoms with Crippen LogP contribution in [-0.4, -0.2) is 50.5 Å². The van der Waals surface area contributed by atoms with E-state index in [4.69, 9.17) is 0 Å². The number of hydrogen-bond acceptors (Lipinski definition) is 4. The number of carbonyl (C=O) groups excluding carboxylic acids is 2. The predicted molar refractivity (Wildman–Crippen MR) is 132 cm³/mol. The van der Waals surface area contributed by atoms with Crippen molar-refractivity contribution in [1.82, 2.24) is 10.2 Å². The number of benzene rings is 2. The molecule has 0 bridgehead atoms. The van der Waals surface area contributed by atoms with Crippen LogP contribution in [0.15, 0.2) is 54.6 Å². The van der Waals surface area contributed by atoms with Crippen LogP contribution >= 0.6 is 0 Å². The number of nitrogens with one attached hydrogen (secondary N) is 1. The molecule has 0 spiro atoms. The maximum Gasteiger partial charge on any atom is 0.242 e. The molecule has 1 atom stereocenters. The van der Waals surface area contributed by atoms with Gasteiger partial charge in [-0.25, -0.2) is 8.42 Å². The van der Waals surface area contributed by atoms with Crippen LogP contribution < -0.4 is 9.62 Å². The standard InChI is InChI=1S/C25H35N3O4S/c1-5-17-26-25(30)21(3)27(19-22-13-10-9-12-20(22)2)24(29)16-11-18-28(33(4,31)32)23-14-7-6-8-15-23/h6-10,12-15,21H,5,11,16-19H2,1-4H3,(H,26,30). The van der Waals surface area contributed by atoms with Crippen molar-refractivity contribution in [3.8, 4) is 0 Å². The van der Waals surface area contributed by atoms with Gasteiger partial charge in [-0.05, 0) is 49.9 Å². The third-order valence-electron chi connectivity index (χ3n) is 5.51. The number of carbonyl (C=O) groups is 2. The lowest BCUT2D eigenvalue weighted by molar-refractivity contribution is -0.140. The predicted octanol–water partition coefficient (Wildman–Crippen LogP) is 3.48. The van der Waals surface area contributed by atoms with E-state index >= 15 is 0 Å². The summed E-state index contributed by atoms with van der Waals surface area (Å²) in [5, 5.41) is 2.86. The first-order valence-electron chi connectivity index (χ1n) is 11.3. The Kier molecular flexibility index (Phi) is 9.91. The summed E-state index contributed by atoms with van der Waals surface area (Å²) in [6.07, 6.45) is 2.45. The molecule has 0 fully saturated rings. The molecule has 2 rings (SSSR count). The van der Waals surface area contributed by atoms with Gasteiger partial charge in [-0.2, -0.15) is 0 Å². The molecule has 180 valence electrons. The van der Waals surface area contributed by atoms with Gasteiger partial charge in [0, 0.05) is 26.1 Å². The molecule has 0 radical (unpaired) electrons. The van der Waals surface area contributed by atoms with Gasteiger partial charge in [0.15, 0.2) is 0 Å². The molecule has 1 unspecified atom stereocenters. The molecule has 0 heterocycles. The topological polar surface area (TPSA) is 86.8 Å².